The van der Waals surface area contributed by atoms with Crippen LogP contribution in [0.25, 0.3) is 0 Å². The zero-order chi connectivity index (χ0) is 13.5. The van der Waals surface area contributed by atoms with E-state index in [1.165, 1.54) is 32.2 Å². The predicted octanol–water partition coefficient (Wildman–Crippen LogP) is 1.58. The topological polar surface area (TPSA) is 90.7 Å². The molecule has 1 rings (SSSR count). The van der Waals surface area contributed by atoms with Gasteiger partial charge in [0.15, 0.2) is 5.75 Å². The Morgan fingerprint density at radius 2 is 2.17 bits per heavy atom. The van der Waals surface area contributed by atoms with Crippen molar-refractivity contribution in [1.82, 2.24) is 0 Å². The maximum Gasteiger partial charge on any atom is 0.312 e. The zero-order valence-electron chi connectivity index (χ0n) is 10.1. The summed E-state index contributed by atoms with van der Waals surface area (Å²) in [5.74, 6) is -0.150. The van der Waals surface area contributed by atoms with E-state index in [4.69, 9.17) is 9.47 Å². The first-order valence-electron chi connectivity index (χ1n) is 5.22. The van der Waals surface area contributed by atoms with Crippen LogP contribution in [0.15, 0.2) is 18.2 Å². The maximum atomic E-state index is 10.9. The number of nitro benzene ring substituents is 1. The van der Waals surface area contributed by atoms with E-state index in [9.17, 15) is 14.9 Å². The van der Waals surface area contributed by atoms with Crippen LogP contribution < -0.4 is 10.1 Å². The van der Waals surface area contributed by atoms with E-state index < -0.39 is 4.92 Å². The van der Waals surface area contributed by atoms with Gasteiger partial charge in [-0.1, -0.05) is 0 Å². The molecule has 0 aliphatic carbocycles. The molecule has 1 amide bonds. The molecule has 98 valence electrons. The molecule has 0 fully saturated rings. The monoisotopic (exact) mass is 254 g/mol. The molecule has 0 heterocycles. The van der Waals surface area contributed by atoms with E-state index >= 15 is 0 Å². The summed E-state index contributed by atoms with van der Waals surface area (Å²) < 4.78 is 10.0. The number of carbonyl (C=O) groups excluding carboxylic acids is 1. The molecule has 18 heavy (non-hydrogen) atoms. The highest BCUT2D eigenvalue weighted by atomic mass is 16.6. The Morgan fingerprint density at radius 3 is 2.72 bits per heavy atom. The van der Waals surface area contributed by atoms with Crippen LogP contribution in [0.4, 0.5) is 11.4 Å². The fraction of sp³-hybridized carbons (Fsp3) is 0.364. The van der Waals surface area contributed by atoms with Gasteiger partial charge in [0.25, 0.3) is 0 Å². The normalized spacial score (nSPS) is 9.89. The number of benzene rings is 1. The van der Waals surface area contributed by atoms with Gasteiger partial charge >= 0.3 is 5.69 Å². The van der Waals surface area contributed by atoms with E-state index in [1.807, 2.05) is 0 Å². The summed E-state index contributed by atoms with van der Waals surface area (Å²) in [5, 5.41) is 13.3. The summed E-state index contributed by atoms with van der Waals surface area (Å²) in [6.07, 6.45) is 0. The largest absolute Gasteiger partial charge is 0.484 e. The summed E-state index contributed by atoms with van der Waals surface area (Å²) in [7, 11) is 1.51. The molecule has 0 radical (unpaired) electrons. The molecule has 0 bridgehead atoms. The molecular weight excluding hydrogens is 240 g/mol. The van der Waals surface area contributed by atoms with E-state index in [0.29, 0.717) is 12.3 Å². The third kappa shape index (κ3) is 4.02. The van der Waals surface area contributed by atoms with Crippen LogP contribution in [0.2, 0.25) is 0 Å². The van der Waals surface area contributed by atoms with E-state index in [1.54, 1.807) is 0 Å². The fourth-order valence-electron chi connectivity index (χ4n) is 1.30. The van der Waals surface area contributed by atoms with E-state index in [-0.39, 0.29) is 24.0 Å². The Hall–Kier alpha value is -2.15. The van der Waals surface area contributed by atoms with Crippen molar-refractivity contribution < 1.29 is 19.2 Å². The van der Waals surface area contributed by atoms with E-state index in [2.05, 4.69) is 5.32 Å². The smallest absolute Gasteiger partial charge is 0.312 e. The molecule has 0 aliphatic heterocycles. The first kappa shape index (κ1) is 13.9. The standard InChI is InChI=1S/C11H14N2O5/c1-8(14)12-9-3-4-11(18-6-5-17-2)10(7-9)13(15)16/h3-4,7H,5-6H2,1-2H3,(H,12,14). The molecule has 1 N–H and O–H groups in total. The van der Waals surface area contributed by atoms with Gasteiger partial charge in [0.2, 0.25) is 5.91 Å². The van der Waals surface area contributed by atoms with Crippen molar-refractivity contribution in [3.8, 4) is 5.75 Å². The van der Waals surface area contributed by atoms with Gasteiger partial charge in [-0.2, -0.15) is 0 Å². The zero-order valence-corrected chi connectivity index (χ0v) is 10.1. The Kier molecular flexibility index (Phi) is 5.06. The Balaban J connectivity index is 2.90. The number of rotatable bonds is 6. The van der Waals surface area contributed by atoms with Crippen LogP contribution in [-0.4, -0.2) is 31.2 Å². The van der Waals surface area contributed by atoms with Crippen molar-refractivity contribution in [2.24, 2.45) is 0 Å². The molecule has 0 spiro atoms. The molecule has 7 heteroatoms. The molecular formula is C11H14N2O5. The van der Waals surface area contributed by atoms with Gasteiger partial charge in [-0.15, -0.1) is 0 Å². The average Bonchev–Trinajstić information content (AvgIpc) is 2.30. The quantitative estimate of drug-likeness (QED) is 0.472. The molecule has 0 saturated heterocycles. The van der Waals surface area contributed by atoms with Crippen molar-refractivity contribution in [2.45, 2.75) is 6.92 Å². The van der Waals surface area contributed by atoms with Gasteiger partial charge in [-0.05, 0) is 12.1 Å². The first-order chi connectivity index (χ1) is 8.54. The molecule has 1 aromatic rings. The second-order valence-electron chi connectivity index (χ2n) is 3.46. The highest BCUT2D eigenvalue weighted by Crippen LogP contribution is 2.29. The van der Waals surface area contributed by atoms with Crippen LogP contribution in [0.5, 0.6) is 5.75 Å². The number of ether oxygens (including phenoxy) is 2. The number of amides is 1. The molecule has 0 aliphatic rings. The molecule has 7 nitrogen and oxygen atoms in total. The van der Waals surface area contributed by atoms with Crippen molar-refractivity contribution in [3.63, 3.8) is 0 Å². The number of nitrogens with one attached hydrogen (secondary N) is 1. The van der Waals surface area contributed by atoms with Gasteiger partial charge in [0.1, 0.15) is 6.61 Å². The van der Waals surface area contributed by atoms with Crippen molar-refractivity contribution in [1.29, 1.82) is 0 Å². The van der Waals surface area contributed by atoms with Gasteiger partial charge in [0, 0.05) is 25.8 Å². The minimum absolute atomic E-state index is 0.145. The third-order valence-corrected chi connectivity index (χ3v) is 2.02. The van der Waals surface area contributed by atoms with Crippen LogP contribution in [0, 0.1) is 10.1 Å². The number of nitrogens with zero attached hydrogens (tertiary/aromatic N) is 1. The average molecular weight is 254 g/mol. The third-order valence-electron chi connectivity index (χ3n) is 2.02. The lowest BCUT2D eigenvalue weighted by Crippen LogP contribution is -2.08. The number of anilines is 1. The van der Waals surface area contributed by atoms with Gasteiger partial charge in [-0.3, -0.25) is 14.9 Å². The Bertz CT molecular complexity index is 447. The summed E-state index contributed by atoms with van der Waals surface area (Å²) in [4.78, 5) is 21.2. The van der Waals surface area contributed by atoms with Crippen LogP contribution in [-0.2, 0) is 9.53 Å². The molecule has 1 aromatic carbocycles. The Labute approximate surface area is 104 Å². The summed E-state index contributed by atoms with van der Waals surface area (Å²) in [5.41, 5.74) is 0.158. The van der Waals surface area contributed by atoms with Crippen molar-refractivity contribution >= 4 is 17.3 Å². The van der Waals surface area contributed by atoms with Crippen molar-refractivity contribution in [2.75, 3.05) is 25.6 Å². The molecule has 0 aromatic heterocycles. The highest BCUT2D eigenvalue weighted by Gasteiger charge is 2.16. The summed E-state index contributed by atoms with van der Waals surface area (Å²) >= 11 is 0. The van der Waals surface area contributed by atoms with Crippen LogP contribution >= 0.6 is 0 Å². The minimum Gasteiger partial charge on any atom is -0.484 e. The predicted molar refractivity (Wildman–Crippen MR) is 64.8 cm³/mol. The molecule has 0 saturated carbocycles. The van der Waals surface area contributed by atoms with Gasteiger partial charge in [0.05, 0.1) is 11.5 Å². The minimum atomic E-state index is -0.562. The summed E-state index contributed by atoms with van der Waals surface area (Å²) in [6, 6.07) is 4.24. The lowest BCUT2D eigenvalue weighted by molar-refractivity contribution is -0.385. The number of hydrogen-bond donors (Lipinski definition) is 1. The first-order valence-corrected chi connectivity index (χ1v) is 5.22. The maximum absolute atomic E-state index is 10.9. The highest BCUT2D eigenvalue weighted by molar-refractivity contribution is 5.89. The number of carbonyl (C=O) groups is 1. The van der Waals surface area contributed by atoms with Crippen molar-refractivity contribution in [3.05, 3.63) is 28.3 Å². The number of methoxy groups -OCH3 is 1. The van der Waals surface area contributed by atoms with Gasteiger partial charge in [-0.25, -0.2) is 0 Å². The SMILES string of the molecule is COCCOc1ccc(NC(C)=O)cc1[N+](=O)[O-]. The fourth-order valence-corrected chi connectivity index (χ4v) is 1.30. The van der Waals surface area contributed by atoms with E-state index in [0.717, 1.165) is 0 Å². The molecule has 0 atom stereocenters. The second kappa shape index (κ2) is 6.55. The lowest BCUT2D eigenvalue weighted by atomic mass is 10.2. The Morgan fingerprint density at radius 1 is 1.44 bits per heavy atom. The number of hydrogen-bond acceptors (Lipinski definition) is 5. The van der Waals surface area contributed by atoms with Gasteiger partial charge < -0.3 is 14.8 Å². The summed E-state index contributed by atoms with van der Waals surface area (Å²) in [6.45, 7) is 1.89. The molecule has 0 unspecified atom stereocenters. The van der Waals surface area contributed by atoms with Crippen LogP contribution in [0.1, 0.15) is 6.92 Å². The lowest BCUT2D eigenvalue weighted by Gasteiger charge is -2.08. The number of nitro groups is 1. The van der Waals surface area contributed by atoms with Crippen LogP contribution in [0.3, 0.4) is 0 Å². The second-order valence-corrected chi connectivity index (χ2v) is 3.46.